The first-order chi connectivity index (χ1) is 15.1. The summed E-state index contributed by atoms with van der Waals surface area (Å²) in [4.78, 5) is 11.1. The molecule has 1 saturated heterocycles. The molecule has 1 aliphatic heterocycles. The van der Waals surface area contributed by atoms with Crippen LogP contribution in [0, 0.1) is 6.92 Å². The van der Waals surface area contributed by atoms with Gasteiger partial charge in [-0.05, 0) is 79.8 Å². The van der Waals surface area contributed by atoms with Crippen LogP contribution in [0.1, 0.15) is 29.2 Å². The number of pyridine rings is 2. The summed E-state index contributed by atoms with van der Waals surface area (Å²) in [6.45, 7) is 2.10. The third-order valence-corrected chi connectivity index (χ3v) is 6.08. The topological polar surface area (TPSA) is 46.0 Å². The van der Waals surface area contributed by atoms with E-state index in [-0.39, 0.29) is 12.1 Å². The van der Waals surface area contributed by atoms with Crippen LogP contribution < -0.4 is 10.2 Å². The van der Waals surface area contributed by atoms with E-state index in [0.717, 1.165) is 28.5 Å². The largest absolute Gasteiger partial charge is 0.351 e. The monoisotopic (exact) mass is 445 g/mol. The molecule has 0 saturated carbocycles. The molecule has 0 bridgehead atoms. The summed E-state index contributed by atoms with van der Waals surface area (Å²) >= 11 is 12.0. The van der Waals surface area contributed by atoms with Crippen LogP contribution in [0.2, 0.25) is 5.02 Å². The van der Waals surface area contributed by atoms with Gasteiger partial charge in [0.15, 0.2) is 5.11 Å². The molecule has 2 atom stereocenters. The molecule has 7 heteroatoms. The molecule has 0 unspecified atom stereocenters. The number of aryl methyl sites for hydroxylation is 1. The second-order valence-corrected chi connectivity index (χ2v) is 8.24. The fourth-order valence-electron chi connectivity index (χ4n) is 4.16. The van der Waals surface area contributed by atoms with Gasteiger partial charge in [-0.3, -0.25) is 9.97 Å². The molecule has 0 spiro atoms. The number of benzene rings is 1. The number of hydrogen-bond donors (Lipinski definition) is 1. The molecule has 3 aromatic heterocycles. The van der Waals surface area contributed by atoms with Crippen LogP contribution in [0.15, 0.2) is 85.3 Å². The molecule has 0 amide bonds. The van der Waals surface area contributed by atoms with E-state index in [4.69, 9.17) is 23.8 Å². The second kappa shape index (κ2) is 8.13. The lowest BCUT2D eigenvalue weighted by Gasteiger charge is -2.29. The summed E-state index contributed by atoms with van der Waals surface area (Å²) in [6.07, 6.45) is 5.47. The fraction of sp³-hybridized carbons (Fsp3) is 0.125. The molecule has 0 aliphatic carbocycles. The van der Waals surface area contributed by atoms with Gasteiger partial charge < -0.3 is 14.8 Å². The van der Waals surface area contributed by atoms with E-state index in [2.05, 4.69) is 49.9 Å². The number of nitrogens with zero attached hydrogens (tertiary/aromatic N) is 4. The van der Waals surface area contributed by atoms with Crippen molar-refractivity contribution in [3.05, 3.63) is 107 Å². The highest BCUT2D eigenvalue weighted by Gasteiger charge is 2.42. The van der Waals surface area contributed by atoms with E-state index in [0.29, 0.717) is 10.1 Å². The predicted molar refractivity (Wildman–Crippen MR) is 128 cm³/mol. The molecule has 4 aromatic rings. The van der Waals surface area contributed by atoms with Crippen LogP contribution in [-0.4, -0.2) is 19.6 Å². The molecular formula is C24H20ClN5S. The van der Waals surface area contributed by atoms with Gasteiger partial charge in [0.25, 0.3) is 0 Å². The molecule has 154 valence electrons. The maximum atomic E-state index is 6.15. The van der Waals surface area contributed by atoms with Crippen LogP contribution in [0.3, 0.4) is 0 Å². The first kappa shape index (κ1) is 19.7. The molecule has 4 heterocycles. The predicted octanol–water partition coefficient (Wildman–Crippen LogP) is 5.41. The van der Waals surface area contributed by atoms with Crippen LogP contribution in [-0.2, 0) is 0 Å². The van der Waals surface area contributed by atoms with Crippen molar-refractivity contribution < 1.29 is 0 Å². The van der Waals surface area contributed by atoms with E-state index in [1.807, 2.05) is 60.9 Å². The number of aromatic nitrogens is 3. The zero-order chi connectivity index (χ0) is 21.4. The zero-order valence-electron chi connectivity index (χ0n) is 16.8. The van der Waals surface area contributed by atoms with E-state index in [1.54, 1.807) is 6.20 Å². The second-order valence-electron chi connectivity index (χ2n) is 7.42. The van der Waals surface area contributed by atoms with Gasteiger partial charge in [0.05, 0.1) is 23.6 Å². The minimum Gasteiger partial charge on any atom is -0.351 e. The van der Waals surface area contributed by atoms with Crippen molar-refractivity contribution in [3.63, 3.8) is 0 Å². The average Bonchev–Trinajstić information content (AvgIpc) is 3.35. The number of thiocarbonyl (C=S) groups is 1. The molecule has 1 fully saturated rings. The smallest absolute Gasteiger partial charge is 0.174 e. The standard InChI is InChI=1S/C24H20ClN5S/c1-16-7-12-21(29(16)19-5-4-13-26-15-19)23-22(20-6-2-3-14-27-20)28-24(31)30(23)18-10-8-17(25)9-11-18/h2-15,22-23H,1H3,(H,28,31)/t22-,23-/m1/s1. The average molecular weight is 446 g/mol. The van der Waals surface area contributed by atoms with Crippen molar-refractivity contribution in [1.29, 1.82) is 0 Å². The van der Waals surface area contributed by atoms with E-state index < -0.39 is 0 Å². The minimum atomic E-state index is -0.117. The van der Waals surface area contributed by atoms with E-state index >= 15 is 0 Å². The summed E-state index contributed by atoms with van der Waals surface area (Å²) in [7, 11) is 0. The first-order valence-corrected chi connectivity index (χ1v) is 10.8. The van der Waals surface area contributed by atoms with Crippen molar-refractivity contribution in [1.82, 2.24) is 19.9 Å². The number of nitrogens with one attached hydrogen (secondary N) is 1. The van der Waals surface area contributed by atoms with Gasteiger partial charge in [-0.25, -0.2) is 0 Å². The van der Waals surface area contributed by atoms with Crippen LogP contribution in [0.25, 0.3) is 5.69 Å². The molecule has 0 radical (unpaired) electrons. The van der Waals surface area contributed by atoms with Gasteiger partial charge in [0, 0.05) is 34.5 Å². The van der Waals surface area contributed by atoms with Gasteiger partial charge in [0.1, 0.15) is 6.04 Å². The van der Waals surface area contributed by atoms with Crippen molar-refractivity contribution in [2.24, 2.45) is 0 Å². The molecule has 5 nitrogen and oxygen atoms in total. The Labute approximate surface area is 191 Å². The van der Waals surface area contributed by atoms with Gasteiger partial charge in [-0.15, -0.1) is 0 Å². The van der Waals surface area contributed by atoms with Gasteiger partial charge in [0.2, 0.25) is 0 Å². The first-order valence-electron chi connectivity index (χ1n) is 9.98. The molecule has 5 rings (SSSR count). The van der Waals surface area contributed by atoms with Crippen molar-refractivity contribution >= 4 is 34.6 Å². The maximum absolute atomic E-state index is 6.15. The van der Waals surface area contributed by atoms with Crippen LogP contribution >= 0.6 is 23.8 Å². The summed E-state index contributed by atoms with van der Waals surface area (Å²) in [6, 6.07) is 21.8. The molecule has 31 heavy (non-hydrogen) atoms. The quantitative estimate of drug-likeness (QED) is 0.426. The number of halogens is 1. The van der Waals surface area contributed by atoms with Gasteiger partial charge in [-0.1, -0.05) is 17.7 Å². The van der Waals surface area contributed by atoms with Gasteiger partial charge in [-0.2, -0.15) is 0 Å². The van der Waals surface area contributed by atoms with Crippen LogP contribution in [0.5, 0.6) is 0 Å². The van der Waals surface area contributed by atoms with Crippen molar-refractivity contribution in [2.45, 2.75) is 19.0 Å². The lowest BCUT2D eigenvalue weighted by molar-refractivity contribution is 0.548. The Kier molecular flexibility index (Phi) is 5.18. The number of hydrogen-bond acceptors (Lipinski definition) is 3. The normalized spacial score (nSPS) is 18.3. The fourth-order valence-corrected chi connectivity index (χ4v) is 4.64. The molecule has 1 aliphatic rings. The lowest BCUT2D eigenvalue weighted by atomic mass is 10.0. The highest BCUT2D eigenvalue weighted by atomic mass is 35.5. The zero-order valence-corrected chi connectivity index (χ0v) is 18.4. The molecule has 1 N–H and O–H groups in total. The lowest BCUT2D eigenvalue weighted by Crippen LogP contribution is -2.30. The SMILES string of the molecule is Cc1ccc([C@@H]2[C@@H](c3ccccn3)NC(=S)N2c2ccc(Cl)cc2)n1-c1cccnc1. The number of anilines is 1. The third-order valence-electron chi connectivity index (χ3n) is 5.52. The Balaban J connectivity index is 1.70. The summed E-state index contributed by atoms with van der Waals surface area (Å²) < 4.78 is 2.23. The Hall–Kier alpha value is -3.22. The maximum Gasteiger partial charge on any atom is 0.174 e. The van der Waals surface area contributed by atoms with Gasteiger partial charge >= 0.3 is 0 Å². The van der Waals surface area contributed by atoms with E-state index in [9.17, 15) is 0 Å². The molecular weight excluding hydrogens is 426 g/mol. The summed E-state index contributed by atoms with van der Waals surface area (Å²) in [5, 5.41) is 4.84. The van der Waals surface area contributed by atoms with Crippen molar-refractivity contribution in [3.8, 4) is 5.69 Å². The summed E-state index contributed by atoms with van der Waals surface area (Å²) in [5.41, 5.74) is 5.14. The Bertz CT molecular complexity index is 1210. The number of rotatable bonds is 4. The van der Waals surface area contributed by atoms with Crippen molar-refractivity contribution in [2.75, 3.05) is 4.90 Å². The minimum absolute atomic E-state index is 0.113. The Morgan fingerprint density at radius 2 is 1.77 bits per heavy atom. The van der Waals surface area contributed by atoms with E-state index in [1.165, 1.54) is 0 Å². The Morgan fingerprint density at radius 1 is 0.935 bits per heavy atom. The summed E-state index contributed by atoms with van der Waals surface area (Å²) in [5.74, 6) is 0. The molecule has 1 aromatic carbocycles. The highest BCUT2D eigenvalue weighted by Crippen LogP contribution is 2.42. The Morgan fingerprint density at radius 3 is 2.48 bits per heavy atom. The third kappa shape index (κ3) is 3.58. The highest BCUT2D eigenvalue weighted by molar-refractivity contribution is 7.80. The van der Waals surface area contributed by atoms with Crippen LogP contribution in [0.4, 0.5) is 5.69 Å².